The fourth-order valence-corrected chi connectivity index (χ4v) is 3.30. The molecule has 5 nitrogen and oxygen atoms in total. The number of ether oxygens (including phenoxy) is 1. The Bertz CT molecular complexity index is 779. The van der Waals surface area contributed by atoms with Crippen molar-refractivity contribution in [2.75, 3.05) is 39.4 Å². The van der Waals surface area contributed by atoms with Crippen molar-refractivity contribution in [2.45, 2.75) is 26.4 Å². The molecule has 1 fully saturated rings. The second-order valence-corrected chi connectivity index (χ2v) is 7.17. The van der Waals surface area contributed by atoms with Gasteiger partial charge in [0.25, 0.3) is 0 Å². The van der Waals surface area contributed by atoms with E-state index in [9.17, 15) is 4.39 Å². The molecular weight excluding hydrogens is 494 g/mol. The Morgan fingerprint density at radius 2 is 1.73 bits per heavy atom. The molecule has 1 aliphatic heterocycles. The van der Waals surface area contributed by atoms with Crippen molar-refractivity contribution in [3.8, 4) is 0 Å². The minimum Gasteiger partial charge on any atom is -0.379 e. The Hall–Kier alpha value is -1.71. The highest BCUT2D eigenvalue weighted by molar-refractivity contribution is 14.0. The van der Waals surface area contributed by atoms with Crippen molar-refractivity contribution in [1.82, 2.24) is 15.5 Å². The largest absolute Gasteiger partial charge is 0.379 e. The Morgan fingerprint density at radius 3 is 2.43 bits per heavy atom. The van der Waals surface area contributed by atoms with Crippen LogP contribution in [0.1, 0.15) is 23.6 Å². The fourth-order valence-electron chi connectivity index (χ4n) is 3.30. The van der Waals surface area contributed by atoms with E-state index in [4.69, 9.17) is 4.74 Å². The number of aliphatic imine (C=N–C) groups is 1. The SMILES string of the molecule is CCNC(=NCc1ccc(CN2CCOCC2)cc1)NCCc1ccccc1F.I. The lowest BCUT2D eigenvalue weighted by atomic mass is 10.1. The van der Waals surface area contributed by atoms with Crippen LogP contribution in [0.2, 0.25) is 0 Å². The number of hydrogen-bond donors (Lipinski definition) is 2. The van der Waals surface area contributed by atoms with Gasteiger partial charge < -0.3 is 15.4 Å². The van der Waals surface area contributed by atoms with E-state index in [1.165, 1.54) is 17.2 Å². The zero-order chi connectivity index (χ0) is 20.3. The van der Waals surface area contributed by atoms with Crippen LogP contribution in [-0.2, 0) is 24.2 Å². The topological polar surface area (TPSA) is 48.9 Å². The molecular formula is C23H32FIN4O. The molecule has 0 amide bonds. The van der Waals surface area contributed by atoms with Crippen molar-refractivity contribution < 1.29 is 9.13 Å². The standard InChI is InChI=1S/C23H31FN4O.HI/c1-2-25-23(26-12-11-21-5-3-4-6-22(21)24)27-17-19-7-9-20(10-8-19)18-28-13-15-29-16-14-28;/h3-10H,2,11-18H2,1H3,(H2,25,26,27);1H. The van der Waals surface area contributed by atoms with Gasteiger partial charge in [0.2, 0.25) is 0 Å². The quantitative estimate of drug-likeness (QED) is 0.314. The Labute approximate surface area is 196 Å². The van der Waals surface area contributed by atoms with Gasteiger partial charge in [0.1, 0.15) is 5.82 Å². The summed E-state index contributed by atoms with van der Waals surface area (Å²) in [7, 11) is 0. The van der Waals surface area contributed by atoms with Gasteiger partial charge >= 0.3 is 0 Å². The van der Waals surface area contributed by atoms with Crippen LogP contribution in [0.15, 0.2) is 53.5 Å². The highest BCUT2D eigenvalue weighted by Crippen LogP contribution is 2.10. The van der Waals surface area contributed by atoms with E-state index in [2.05, 4.69) is 44.8 Å². The average molecular weight is 526 g/mol. The summed E-state index contributed by atoms with van der Waals surface area (Å²) in [5, 5.41) is 6.53. The smallest absolute Gasteiger partial charge is 0.191 e. The number of benzene rings is 2. The lowest BCUT2D eigenvalue weighted by Crippen LogP contribution is -2.38. The molecule has 0 saturated carbocycles. The van der Waals surface area contributed by atoms with Crippen LogP contribution in [0.25, 0.3) is 0 Å². The summed E-state index contributed by atoms with van der Waals surface area (Å²) < 4.78 is 19.1. The summed E-state index contributed by atoms with van der Waals surface area (Å²) in [6.07, 6.45) is 0.618. The molecule has 2 N–H and O–H groups in total. The van der Waals surface area contributed by atoms with Gasteiger partial charge in [0.05, 0.1) is 19.8 Å². The molecule has 0 aliphatic carbocycles. The molecule has 0 aromatic heterocycles. The minimum absolute atomic E-state index is 0. The van der Waals surface area contributed by atoms with Gasteiger partial charge in [-0.25, -0.2) is 9.38 Å². The molecule has 0 spiro atoms. The number of halogens is 2. The van der Waals surface area contributed by atoms with Crippen molar-refractivity contribution in [3.05, 3.63) is 71.0 Å². The van der Waals surface area contributed by atoms with E-state index >= 15 is 0 Å². The van der Waals surface area contributed by atoms with Crippen molar-refractivity contribution >= 4 is 29.9 Å². The molecule has 0 bridgehead atoms. The monoisotopic (exact) mass is 526 g/mol. The molecule has 1 saturated heterocycles. The van der Waals surface area contributed by atoms with Crippen LogP contribution in [0, 0.1) is 5.82 Å². The number of rotatable bonds is 8. The Kier molecular flexibility index (Phi) is 11.1. The number of nitrogens with zero attached hydrogens (tertiary/aromatic N) is 2. The summed E-state index contributed by atoms with van der Waals surface area (Å²) >= 11 is 0. The summed E-state index contributed by atoms with van der Waals surface area (Å²) in [6, 6.07) is 15.5. The van der Waals surface area contributed by atoms with Crippen LogP contribution in [0.4, 0.5) is 4.39 Å². The van der Waals surface area contributed by atoms with E-state index in [1.807, 2.05) is 19.1 Å². The van der Waals surface area contributed by atoms with Crippen LogP contribution < -0.4 is 10.6 Å². The number of guanidine groups is 1. The van der Waals surface area contributed by atoms with Crippen LogP contribution in [-0.4, -0.2) is 50.3 Å². The molecule has 2 aromatic rings. The van der Waals surface area contributed by atoms with Crippen molar-refractivity contribution in [1.29, 1.82) is 0 Å². The van der Waals surface area contributed by atoms with Gasteiger partial charge in [-0.15, -0.1) is 24.0 Å². The van der Waals surface area contributed by atoms with E-state index in [-0.39, 0.29) is 29.8 Å². The lowest BCUT2D eigenvalue weighted by molar-refractivity contribution is 0.0342. The third-order valence-electron chi connectivity index (χ3n) is 4.94. The average Bonchev–Trinajstić information content (AvgIpc) is 2.75. The summed E-state index contributed by atoms with van der Waals surface area (Å²) in [4.78, 5) is 7.07. The maximum atomic E-state index is 13.7. The molecule has 2 aromatic carbocycles. The zero-order valence-electron chi connectivity index (χ0n) is 17.6. The van der Waals surface area contributed by atoms with E-state index in [0.717, 1.165) is 45.4 Å². The van der Waals surface area contributed by atoms with Gasteiger partial charge in [-0.2, -0.15) is 0 Å². The van der Waals surface area contributed by atoms with E-state index in [1.54, 1.807) is 6.07 Å². The molecule has 7 heteroatoms. The van der Waals surface area contributed by atoms with Crippen LogP contribution in [0.3, 0.4) is 0 Å². The summed E-state index contributed by atoms with van der Waals surface area (Å²) in [5.74, 6) is 0.592. The molecule has 0 atom stereocenters. The molecule has 164 valence electrons. The first-order valence-corrected chi connectivity index (χ1v) is 10.4. The molecule has 30 heavy (non-hydrogen) atoms. The second-order valence-electron chi connectivity index (χ2n) is 7.17. The Morgan fingerprint density at radius 1 is 1.03 bits per heavy atom. The van der Waals surface area contributed by atoms with Crippen molar-refractivity contribution in [3.63, 3.8) is 0 Å². The van der Waals surface area contributed by atoms with Crippen LogP contribution >= 0.6 is 24.0 Å². The minimum atomic E-state index is -0.159. The van der Waals surface area contributed by atoms with Gasteiger partial charge in [0, 0.05) is 32.7 Å². The maximum absolute atomic E-state index is 13.7. The van der Waals surface area contributed by atoms with Gasteiger partial charge in [0.15, 0.2) is 5.96 Å². The van der Waals surface area contributed by atoms with Gasteiger partial charge in [-0.1, -0.05) is 42.5 Å². The van der Waals surface area contributed by atoms with Crippen LogP contribution in [0.5, 0.6) is 0 Å². The molecule has 0 radical (unpaired) electrons. The first-order chi connectivity index (χ1) is 14.2. The number of hydrogen-bond acceptors (Lipinski definition) is 3. The third kappa shape index (κ3) is 8.20. The number of morpholine rings is 1. The van der Waals surface area contributed by atoms with E-state index in [0.29, 0.717) is 25.1 Å². The number of nitrogens with one attached hydrogen (secondary N) is 2. The van der Waals surface area contributed by atoms with Crippen molar-refractivity contribution in [2.24, 2.45) is 4.99 Å². The first-order valence-electron chi connectivity index (χ1n) is 10.4. The first kappa shape index (κ1) is 24.6. The van der Waals surface area contributed by atoms with Gasteiger partial charge in [-0.05, 0) is 36.1 Å². The maximum Gasteiger partial charge on any atom is 0.191 e. The van der Waals surface area contributed by atoms with E-state index < -0.39 is 0 Å². The Balaban J connectivity index is 0.00000320. The molecule has 0 unspecified atom stereocenters. The summed E-state index contributed by atoms with van der Waals surface area (Å²) in [5.41, 5.74) is 3.20. The lowest BCUT2D eigenvalue weighted by Gasteiger charge is -2.26. The van der Waals surface area contributed by atoms with Gasteiger partial charge in [-0.3, -0.25) is 4.90 Å². The third-order valence-corrected chi connectivity index (χ3v) is 4.94. The molecule has 1 heterocycles. The highest BCUT2D eigenvalue weighted by atomic mass is 127. The predicted molar refractivity (Wildman–Crippen MR) is 131 cm³/mol. The molecule has 3 rings (SSSR count). The predicted octanol–water partition coefficient (Wildman–Crippen LogP) is 3.57. The fraction of sp³-hybridized carbons (Fsp3) is 0.435. The molecule has 1 aliphatic rings. The highest BCUT2D eigenvalue weighted by Gasteiger charge is 2.10. The second kappa shape index (κ2) is 13.6. The zero-order valence-corrected chi connectivity index (χ0v) is 19.9. The normalized spacial score (nSPS) is 14.8. The summed E-state index contributed by atoms with van der Waals surface area (Å²) in [6.45, 7) is 8.66.